The molecule has 0 saturated heterocycles. The van der Waals surface area contributed by atoms with Crippen molar-refractivity contribution in [1.82, 2.24) is 0 Å². The second kappa shape index (κ2) is 10.7. The Hall–Kier alpha value is -0.960. The van der Waals surface area contributed by atoms with Crippen LogP contribution in [0.15, 0.2) is 18.2 Å². The molecule has 23 heavy (non-hydrogen) atoms. The van der Waals surface area contributed by atoms with Gasteiger partial charge >= 0.3 is 0 Å². The molecule has 0 aromatic heterocycles. The van der Waals surface area contributed by atoms with Crippen LogP contribution in [0.2, 0.25) is 0 Å². The number of benzene rings is 1. The van der Waals surface area contributed by atoms with E-state index in [4.69, 9.17) is 0 Å². The van der Waals surface area contributed by atoms with Crippen molar-refractivity contribution in [3.63, 3.8) is 0 Å². The normalized spacial score (nSPS) is 15.4. The van der Waals surface area contributed by atoms with Gasteiger partial charge in [-0.2, -0.15) is 0 Å². The number of halogens is 2. The number of hydrogen-bond acceptors (Lipinski definition) is 0. The molecule has 132 valence electrons. The van der Waals surface area contributed by atoms with Crippen LogP contribution < -0.4 is 4.90 Å². The lowest BCUT2D eigenvalue weighted by Crippen LogP contribution is -3.08. The van der Waals surface area contributed by atoms with E-state index in [-0.39, 0.29) is 0 Å². The predicted molar refractivity (Wildman–Crippen MR) is 94.1 cm³/mol. The third-order valence-electron chi connectivity index (χ3n) is 4.80. The quantitative estimate of drug-likeness (QED) is 0.575. The molecule has 0 aliphatic rings. The van der Waals surface area contributed by atoms with Gasteiger partial charge in [0.15, 0.2) is 11.5 Å². The molecule has 0 aliphatic heterocycles. The van der Waals surface area contributed by atoms with Gasteiger partial charge in [-0.15, -0.1) is 0 Å². The number of quaternary nitrogens is 1. The van der Waals surface area contributed by atoms with Crippen molar-refractivity contribution in [1.29, 1.82) is 0 Å². The first-order valence-corrected chi connectivity index (χ1v) is 9.31. The van der Waals surface area contributed by atoms with Crippen molar-refractivity contribution in [2.75, 3.05) is 13.1 Å². The van der Waals surface area contributed by atoms with E-state index < -0.39 is 11.6 Å². The number of rotatable bonds is 11. The second-order valence-corrected chi connectivity index (χ2v) is 6.93. The van der Waals surface area contributed by atoms with Crippen molar-refractivity contribution < 1.29 is 13.7 Å². The maximum Gasteiger partial charge on any atom is 0.186 e. The topological polar surface area (TPSA) is 4.44 Å². The molecule has 1 aromatic rings. The monoisotopic (exact) mass is 326 g/mol. The molecule has 1 N–H and O–H groups in total. The van der Waals surface area contributed by atoms with Gasteiger partial charge < -0.3 is 0 Å². The highest BCUT2D eigenvalue weighted by molar-refractivity contribution is 5.31. The lowest BCUT2D eigenvalue weighted by atomic mass is 9.91. The Morgan fingerprint density at radius 1 is 1.00 bits per heavy atom. The van der Waals surface area contributed by atoms with Crippen molar-refractivity contribution in [3.8, 4) is 0 Å². The van der Waals surface area contributed by atoms with Crippen LogP contribution in [0, 0.1) is 23.5 Å². The van der Waals surface area contributed by atoms with Crippen molar-refractivity contribution in [3.05, 3.63) is 29.8 Å². The SMILES string of the molecule is CCCC(CC)CCC(C)C[NH+](CCC)c1ccc(F)cc1F. The molecule has 0 saturated carbocycles. The highest BCUT2D eigenvalue weighted by atomic mass is 19.1. The highest BCUT2D eigenvalue weighted by Crippen LogP contribution is 2.20. The molecule has 0 fully saturated rings. The zero-order valence-electron chi connectivity index (χ0n) is 15.3. The average molecular weight is 326 g/mol. The van der Waals surface area contributed by atoms with E-state index >= 15 is 0 Å². The van der Waals surface area contributed by atoms with Gasteiger partial charge in [0.2, 0.25) is 0 Å². The fraction of sp³-hybridized carbons (Fsp3) is 0.700. The standard InChI is InChI=1S/C20H33F2N/c1-5-8-17(7-3)10-9-16(4)15-23(13-6-2)20-12-11-18(21)14-19(20)22/h11-12,14,16-17H,5-10,13,15H2,1-4H3/p+1. The summed E-state index contributed by atoms with van der Waals surface area (Å²) in [5.74, 6) is 0.449. The minimum absolute atomic E-state index is 0.418. The fourth-order valence-corrected chi connectivity index (χ4v) is 3.43. The van der Waals surface area contributed by atoms with E-state index in [0.717, 1.165) is 36.4 Å². The first-order chi connectivity index (χ1) is 11.0. The zero-order valence-corrected chi connectivity index (χ0v) is 15.3. The van der Waals surface area contributed by atoms with E-state index in [1.54, 1.807) is 6.07 Å². The van der Waals surface area contributed by atoms with Crippen LogP contribution in [0.4, 0.5) is 14.5 Å². The molecule has 0 aliphatic carbocycles. The van der Waals surface area contributed by atoms with Gasteiger partial charge in [0.05, 0.1) is 13.1 Å². The van der Waals surface area contributed by atoms with Gasteiger partial charge in [0.25, 0.3) is 0 Å². The molecule has 0 radical (unpaired) electrons. The Morgan fingerprint density at radius 3 is 2.30 bits per heavy atom. The van der Waals surface area contributed by atoms with Crippen LogP contribution in [-0.2, 0) is 0 Å². The van der Waals surface area contributed by atoms with Crippen molar-refractivity contribution >= 4 is 5.69 Å². The first-order valence-electron chi connectivity index (χ1n) is 9.31. The molecule has 0 heterocycles. The summed E-state index contributed by atoms with van der Waals surface area (Å²) in [7, 11) is 0. The molecular weight excluding hydrogens is 292 g/mol. The minimum atomic E-state index is -0.500. The van der Waals surface area contributed by atoms with Crippen molar-refractivity contribution in [2.24, 2.45) is 11.8 Å². The molecule has 1 aromatic carbocycles. The maximum atomic E-state index is 14.1. The van der Waals surface area contributed by atoms with Crippen molar-refractivity contribution in [2.45, 2.75) is 66.2 Å². The van der Waals surface area contributed by atoms with Gasteiger partial charge in [-0.3, -0.25) is 4.90 Å². The summed E-state index contributed by atoms with van der Waals surface area (Å²) in [6.45, 7) is 10.7. The lowest BCUT2D eigenvalue weighted by molar-refractivity contribution is -0.837. The van der Waals surface area contributed by atoms with Gasteiger partial charge in [-0.25, -0.2) is 8.78 Å². The molecule has 0 bridgehead atoms. The van der Waals surface area contributed by atoms with Crippen LogP contribution in [-0.4, -0.2) is 13.1 Å². The third-order valence-corrected chi connectivity index (χ3v) is 4.80. The minimum Gasteiger partial charge on any atom is -0.300 e. The van der Waals surface area contributed by atoms with Crippen LogP contribution in [0.3, 0.4) is 0 Å². The summed E-state index contributed by atoms with van der Waals surface area (Å²) in [4.78, 5) is 1.14. The zero-order chi connectivity index (χ0) is 17.2. The van der Waals surface area contributed by atoms with Gasteiger partial charge in [-0.05, 0) is 31.2 Å². The Balaban J connectivity index is 2.64. The first kappa shape index (κ1) is 20.1. The molecule has 1 rings (SSSR count). The van der Waals surface area contributed by atoms with E-state index in [9.17, 15) is 8.78 Å². The summed E-state index contributed by atoms with van der Waals surface area (Å²) in [6.07, 6.45) is 7.25. The number of nitrogens with one attached hydrogen (secondary N) is 1. The predicted octanol–water partition coefficient (Wildman–Crippen LogP) is 5.13. The molecule has 3 atom stereocenters. The molecule has 0 amide bonds. The molecule has 3 unspecified atom stereocenters. The van der Waals surface area contributed by atoms with Crippen LogP contribution in [0.1, 0.15) is 66.2 Å². The maximum absolute atomic E-state index is 14.1. The van der Waals surface area contributed by atoms with Gasteiger partial charge in [0.1, 0.15) is 5.82 Å². The van der Waals surface area contributed by atoms with E-state index in [0.29, 0.717) is 11.6 Å². The largest absolute Gasteiger partial charge is 0.300 e. The van der Waals surface area contributed by atoms with E-state index in [2.05, 4.69) is 27.7 Å². The highest BCUT2D eigenvalue weighted by Gasteiger charge is 2.20. The second-order valence-electron chi connectivity index (χ2n) is 6.93. The third kappa shape index (κ3) is 6.99. The van der Waals surface area contributed by atoms with Gasteiger partial charge in [-0.1, -0.05) is 47.0 Å². The number of hydrogen-bond donors (Lipinski definition) is 1. The Labute approximate surface area is 141 Å². The summed E-state index contributed by atoms with van der Waals surface area (Å²) in [5, 5.41) is 0. The smallest absolute Gasteiger partial charge is 0.186 e. The summed E-state index contributed by atoms with van der Waals surface area (Å²) in [5.41, 5.74) is 0.612. The summed E-state index contributed by atoms with van der Waals surface area (Å²) < 4.78 is 27.2. The molecule has 1 nitrogen and oxygen atoms in total. The average Bonchev–Trinajstić information content (AvgIpc) is 2.51. The fourth-order valence-electron chi connectivity index (χ4n) is 3.43. The Morgan fingerprint density at radius 2 is 1.74 bits per heavy atom. The molecule has 3 heteroatoms. The van der Waals surface area contributed by atoms with E-state index in [1.165, 1.54) is 38.2 Å². The van der Waals surface area contributed by atoms with E-state index in [1.807, 2.05) is 0 Å². The Kier molecular flexibility index (Phi) is 9.39. The van der Waals surface area contributed by atoms with Crippen LogP contribution in [0.5, 0.6) is 0 Å². The molecule has 0 spiro atoms. The summed E-state index contributed by atoms with van der Waals surface area (Å²) >= 11 is 0. The summed E-state index contributed by atoms with van der Waals surface area (Å²) in [6, 6.07) is 3.98. The molecular formula is C20H34F2N+. The van der Waals surface area contributed by atoms with Crippen LogP contribution in [0.25, 0.3) is 0 Å². The Bertz CT molecular complexity index is 447. The lowest BCUT2D eigenvalue weighted by Gasteiger charge is -2.24. The van der Waals surface area contributed by atoms with Crippen LogP contribution >= 0.6 is 0 Å². The van der Waals surface area contributed by atoms with Gasteiger partial charge in [0, 0.05) is 18.1 Å².